The van der Waals surface area contributed by atoms with Crippen molar-refractivity contribution in [1.82, 2.24) is 9.88 Å². The van der Waals surface area contributed by atoms with Crippen molar-refractivity contribution in [2.75, 3.05) is 36.9 Å². The second-order valence-corrected chi connectivity index (χ2v) is 4.34. The summed E-state index contributed by atoms with van der Waals surface area (Å²) in [6, 6.07) is 4.21. The molecule has 0 aliphatic heterocycles. The first-order chi connectivity index (χ1) is 8.04. The Morgan fingerprint density at radius 1 is 1.41 bits per heavy atom. The third-order valence-corrected chi connectivity index (χ3v) is 3.07. The molecule has 96 valence electrons. The number of likely N-dealkylation sites (N-methyl/N-ethyl adjacent to an activating group) is 1. The zero-order valence-electron chi connectivity index (χ0n) is 10.9. The molecule has 5 heteroatoms. The molecule has 1 aromatic rings. The van der Waals surface area contributed by atoms with Crippen LogP contribution in [0.1, 0.15) is 20.3 Å². The Bertz CT molecular complexity index is 353. The minimum atomic E-state index is 0.380. The predicted octanol–water partition coefficient (Wildman–Crippen LogP) is 1.39. The summed E-state index contributed by atoms with van der Waals surface area (Å²) in [5, 5.41) is 3.23. The van der Waals surface area contributed by atoms with E-state index in [0.29, 0.717) is 17.5 Å². The van der Waals surface area contributed by atoms with Gasteiger partial charge in [0.05, 0.1) is 5.69 Å². The van der Waals surface area contributed by atoms with Crippen molar-refractivity contribution in [3.05, 3.63) is 12.1 Å². The molecule has 17 heavy (non-hydrogen) atoms. The van der Waals surface area contributed by atoms with Gasteiger partial charge in [0.2, 0.25) is 0 Å². The van der Waals surface area contributed by atoms with E-state index in [1.807, 2.05) is 6.07 Å². The molecule has 0 radical (unpaired) electrons. The first-order valence-electron chi connectivity index (χ1n) is 6.00. The molecule has 0 aliphatic rings. The minimum Gasteiger partial charge on any atom is -0.396 e. The lowest BCUT2D eigenvalue weighted by atomic mass is 10.2. The van der Waals surface area contributed by atoms with Gasteiger partial charge in [-0.25, -0.2) is 4.98 Å². The highest BCUT2D eigenvalue weighted by molar-refractivity contribution is 5.61. The maximum atomic E-state index is 5.64. The lowest BCUT2D eigenvalue weighted by molar-refractivity contribution is 0.261. The van der Waals surface area contributed by atoms with E-state index in [4.69, 9.17) is 11.5 Å². The number of nitrogens with zero attached hydrogens (tertiary/aromatic N) is 2. The van der Waals surface area contributed by atoms with E-state index in [0.717, 1.165) is 25.3 Å². The van der Waals surface area contributed by atoms with Crippen molar-refractivity contribution in [1.29, 1.82) is 0 Å². The zero-order chi connectivity index (χ0) is 12.8. The number of hydrogen-bond donors (Lipinski definition) is 3. The first kappa shape index (κ1) is 13.6. The average Bonchev–Trinajstić information content (AvgIpc) is 2.32. The molecule has 0 aliphatic carbocycles. The summed E-state index contributed by atoms with van der Waals surface area (Å²) in [5.74, 6) is 1.15. The van der Waals surface area contributed by atoms with Gasteiger partial charge in [-0.3, -0.25) is 0 Å². The molecule has 0 bridgehead atoms. The first-order valence-corrected chi connectivity index (χ1v) is 6.00. The smallest absolute Gasteiger partial charge is 0.149 e. The number of nitrogens with two attached hydrogens (primary N) is 2. The van der Waals surface area contributed by atoms with Gasteiger partial charge in [-0.2, -0.15) is 0 Å². The van der Waals surface area contributed by atoms with Crippen molar-refractivity contribution >= 4 is 17.3 Å². The van der Waals surface area contributed by atoms with Crippen LogP contribution in [0.5, 0.6) is 0 Å². The van der Waals surface area contributed by atoms with Crippen LogP contribution in [0.15, 0.2) is 12.1 Å². The SMILES string of the molecule is CCC(C)N(C)CCNc1ccc(N)c(N)n1. The van der Waals surface area contributed by atoms with Crippen molar-refractivity contribution in [3.63, 3.8) is 0 Å². The van der Waals surface area contributed by atoms with Crippen LogP contribution in [0, 0.1) is 0 Å². The number of pyridine rings is 1. The van der Waals surface area contributed by atoms with Gasteiger partial charge in [-0.1, -0.05) is 6.92 Å². The Morgan fingerprint density at radius 3 is 2.71 bits per heavy atom. The Labute approximate surface area is 103 Å². The van der Waals surface area contributed by atoms with Crippen molar-refractivity contribution in [2.24, 2.45) is 0 Å². The molecule has 0 fully saturated rings. The predicted molar refractivity (Wildman–Crippen MR) is 73.9 cm³/mol. The minimum absolute atomic E-state index is 0.380. The molecule has 0 aromatic carbocycles. The Morgan fingerprint density at radius 2 is 2.12 bits per heavy atom. The van der Waals surface area contributed by atoms with E-state index in [-0.39, 0.29) is 0 Å². The lowest BCUT2D eigenvalue weighted by Crippen LogP contribution is -2.32. The maximum absolute atomic E-state index is 5.64. The van der Waals surface area contributed by atoms with E-state index in [2.05, 4.69) is 36.1 Å². The van der Waals surface area contributed by atoms with Gasteiger partial charge in [-0.15, -0.1) is 0 Å². The normalized spacial score (nSPS) is 12.7. The molecule has 1 rings (SSSR count). The van der Waals surface area contributed by atoms with Gasteiger partial charge in [-0.05, 0) is 32.5 Å². The summed E-state index contributed by atoms with van der Waals surface area (Å²) in [6.07, 6.45) is 1.16. The molecule has 1 atom stereocenters. The second kappa shape index (κ2) is 6.30. The fourth-order valence-corrected chi connectivity index (χ4v) is 1.48. The van der Waals surface area contributed by atoms with Gasteiger partial charge in [0.25, 0.3) is 0 Å². The number of anilines is 3. The third-order valence-electron chi connectivity index (χ3n) is 3.07. The zero-order valence-corrected chi connectivity index (χ0v) is 10.9. The van der Waals surface area contributed by atoms with Crippen LogP contribution in [0.25, 0.3) is 0 Å². The number of nitrogen functional groups attached to an aromatic ring is 2. The summed E-state index contributed by atoms with van der Waals surface area (Å²) < 4.78 is 0. The summed E-state index contributed by atoms with van der Waals surface area (Å²) in [5.41, 5.74) is 11.8. The molecule has 0 amide bonds. The van der Waals surface area contributed by atoms with Crippen LogP contribution < -0.4 is 16.8 Å². The highest BCUT2D eigenvalue weighted by Crippen LogP contribution is 2.14. The molecule has 0 saturated carbocycles. The molecule has 1 heterocycles. The number of aromatic nitrogens is 1. The van der Waals surface area contributed by atoms with Crippen LogP contribution >= 0.6 is 0 Å². The fourth-order valence-electron chi connectivity index (χ4n) is 1.48. The molecule has 0 spiro atoms. The van der Waals surface area contributed by atoms with Crippen LogP contribution in [0.4, 0.5) is 17.3 Å². The summed E-state index contributed by atoms with van der Waals surface area (Å²) in [6.45, 7) is 6.23. The van der Waals surface area contributed by atoms with Crippen molar-refractivity contribution < 1.29 is 0 Å². The topological polar surface area (TPSA) is 80.2 Å². The summed E-state index contributed by atoms with van der Waals surface area (Å²) >= 11 is 0. The van der Waals surface area contributed by atoms with Gasteiger partial charge in [0, 0.05) is 19.1 Å². The number of hydrogen-bond acceptors (Lipinski definition) is 5. The standard InChI is InChI=1S/C12H23N5/c1-4-9(2)17(3)8-7-15-11-6-5-10(13)12(14)16-11/h5-6,9H,4,7-8,13H2,1-3H3,(H3,14,15,16). The van der Waals surface area contributed by atoms with E-state index < -0.39 is 0 Å². The van der Waals surface area contributed by atoms with Gasteiger partial charge >= 0.3 is 0 Å². The maximum Gasteiger partial charge on any atom is 0.149 e. The molecular weight excluding hydrogens is 214 g/mol. The van der Waals surface area contributed by atoms with E-state index in [1.165, 1.54) is 0 Å². The third kappa shape index (κ3) is 4.11. The fraction of sp³-hybridized carbons (Fsp3) is 0.583. The monoisotopic (exact) mass is 237 g/mol. The molecule has 5 N–H and O–H groups in total. The summed E-state index contributed by atoms with van der Waals surface area (Å²) in [7, 11) is 2.13. The van der Waals surface area contributed by atoms with E-state index in [1.54, 1.807) is 6.07 Å². The van der Waals surface area contributed by atoms with E-state index in [9.17, 15) is 0 Å². The molecule has 1 aromatic heterocycles. The second-order valence-electron chi connectivity index (χ2n) is 4.34. The summed E-state index contributed by atoms with van der Waals surface area (Å²) in [4.78, 5) is 6.47. The number of nitrogens with one attached hydrogen (secondary N) is 1. The van der Waals surface area contributed by atoms with Crippen LogP contribution in [0.3, 0.4) is 0 Å². The van der Waals surface area contributed by atoms with Crippen LogP contribution in [-0.2, 0) is 0 Å². The van der Waals surface area contributed by atoms with Gasteiger partial charge < -0.3 is 21.7 Å². The Kier molecular flexibility index (Phi) is 5.03. The molecule has 0 saturated heterocycles. The molecule has 5 nitrogen and oxygen atoms in total. The highest BCUT2D eigenvalue weighted by atomic mass is 15.1. The van der Waals surface area contributed by atoms with Crippen molar-refractivity contribution in [3.8, 4) is 0 Å². The quantitative estimate of drug-likeness (QED) is 0.696. The van der Waals surface area contributed by atoms with Gasteiger partial charge in [0.15, 0.2) is 0 Å². The molecule has 1 unspecified atom stereocenters. The Balaban J connectivity index is 2.38. The molecular formula is C12H23N5. The van der Waals surface area contributed by atoms with Gasteiger partial charge in [0.1, 0.15) is 11.6 Å². The largest absolute Gasteiger partial charge is 0.396 e. The van der Waals surface area contributed by atoms with Crippen molar-refractivity contribution in [2.45, 2.75) is 26.3 Å². The van der Waals surface area contributed by atoms with Crippen LogP contribution in [0.2, 0.25) is 0 Å². The van der Waals surface area contributed by atoms with E-state index >= 15 is 0 Å². The lowest BCUT2D eigenvalue weighted by Gasteiger charge is -2.23. The number of rotatable bonds is 6. The van der Waals surface area contributed by atoms with Crippen LogP contribution in [-0.4, -0.2) is 36.1 Å². The average molecular weight is 237 g/mol. The Hall–Kier alpha value is -1.49. The highest BCUT2D eigenvalue weighted by Gasteiger charge is 2.05.